The van der Waals surface area contributed by atoms with Crippen molar-refractivity contribution in [1.29, 1.82) is 0 Å². The molecule has 0 bridgehead atoms. The molecule has 14 heavy (non-hydrogen) atoms. The Hall–Kier alpha value is 1.53. The minimum atomic E-state index is 0. The Morgan fingerprint density at radius 1 is 0.643 bits per heavy atom. The van der Waals surface area contributed by atoms with E-state index in [2.05, 4.69) is 6.92 Å². The second kappa shape index (κ2) is 16.9. The van der Waals surface area contributed by atoms with Gasteiger partial charge in [-0.25, -0.2) is 0 Å². The van der Waals surface area contributed by atoms with Crippen LogP contribution >= 0.6 is 0 Å². The van der Waals surface area contributed by atoms with Gasteiger partial charge in [0.1, 0.15) is 0 Å². The van der Waals surface area contributed by atoms with Crippen LogP contribution in [-0.2, 0) is 0 Å². The monoisotopic (exact) mass is 326 g/mol. The van der Waals surface area contributed by atoms with Gasteiger partial charge in [0.15, 0.2) is 0 Å². The predicted molar refractivity (Wildman–Crippen MR) is 67.5 cm³/mol. The standard InChI is InChI=1S/C12H26O.Ba.2H/c1-2-3-4-5-6-7-8-9-10-11-12-13;;;/h13H,2-12H2,1H3;;;. The van der Waals surface area contributed by atoms with Crippen LogP contribution < -0.4 is 0 Å². The summed E-state index contributed by atoms with van der Waals surface area (Å²) in [6.07, 6.45) is 13.3. The maximum absolute atomic E-state index is 8.57. The first-order valence-electron chi connectivity index (χ1n) is 6.02. The molecule has 0 heterocycles. The van der Waals surface area contributed by atoms with Gasteiger partial charge < -0.3 is 5.11 Å². The van der Waals surface area contributed by atoms with E-state index in [0.717, 1.165) is 6.42 Å². The van der Waals surface area contributed by atoms with E-state index in [1.165, 1.54) is 57.8 Å². The van der Waals surface area contributed by atoms with Crippen molar-refractivity contribution in [3.63, 3.8) is 0 Å². The van der Waals surface area contributed by atoms with E-state index < -0.39 is 0 Å². The number of aliphatic hydroxyl groups excluding tert-OH is 1. The van der Waals surface area contributed by atoms with Crippen molar-refractivity contribution < 1.29 is 5.11 Å². The van der Waals surface area contributed by atoms with E-state index in [0.29, 0.717) is 6.61 Å². The molecule has 0 unspecified atom stereocenters. The predicted octanol–water partition coefficient (Wildman–Crippen LogP) is 2.98. The average Bonchev–Trinajstić information content (AvgIpc) is 2.16. The zero-order chi connectivity index (χ0) is 9.78. The third kappa shape index (κ3) is 16.0. The zero-order valence-corrected chi connectivity index (χ0v) is 9.23. The number of aliphatic hydroxyl groups is 1. The van der Waals surface area contributed by atoms with Crippen molar-refractivity contribution in [3.8, 4) is 0 Å². The first-order valence-corrected chi connectivity index (χ1v) is 6.02. The summed E-state index contributed by atoms with van der Waals surface area (Å²) in [7, 11) is 0. The van der Waals surface area contributed by atoms with Crippen LogP contribution in [0.15, 0.2) is 0 Å². The average molecular weight is 326 g/mol. The summed E-state index contributed by atoms with van der Waals surface area (Å²) >= 11 is 0. The normalized spacial score (nSPS) is 9.86. The quantitative estimate of drug-likeness (QED) is 0.483. The van der Waals surface area contributed by atoms with Gasteiger partial charge in [-0.15, -0.1) is 0 Å². The second-order valence-corrected chi connectivity index (χ2v) is 3.91. The van der Waals surface area contributed by atoms with Gasteiger partial charge in [0.2, 0.25) is 0 Å². The van der Waals surface area contributed by atoms with Crippen molar-refractivity contribution in [3.05, 3.63) is 0 Å². The van der Waals surface area contributed by atoms with Crippen molar-refractivity contribution in [2.75, 3.05) is 6.61 Å². The van der Waals surface area contributed by atoms with Gasteiger partial charge in [0.05, 0.1) is 0 Å². The van der Waals surface area contributed by atoms with Crippen LogP contribution in [0.4, 0.5) is 0 Å². The van der Waals surface area contributed by atoms with Gasteiger partial charge in [-0.3, -0.25) is 0 Å². The van der Waals surface area contributed by atoms with Crippen molar-refractivity contribution in [2.45, 2.75) is 71.1 Å². The Balaban J connectivity index is 0. The van der Waals surface area contributed by atoms with Crippen LogP contribution in [0.25, 0.3) is 0 Å². The molecule has 0 saturated carbocycles. The fourth-order valence-electron chi connectivity index (χ4n) is 1.60. The Morgan fingerprint density at radius 2 is 1.00 bits per heavy atom. The fraction of sp³-hybridized carbons (Fsp3) is 1.00. The molecule has 1 nitrogen and oxygen atoms in total. The summed E-state index contributed by atoms with van der Waals surface area (Å²) in [5.41, 5.74) is 0. The first-order chi connectivity index (χ1) is 6.41. The van der Waals surface area contributed by atoms with Crippen molar-refractivity contribution in [2.24, 2.45) is 0 Å². The molecule has 0 radical (unpaired) electrons. The molecule has 84 valence electrons. The molecule has 0 aliphatic heterocycles. The Kier molecular flexibility index (Phi) is 21.7. The molecule has 2 heteroatoms. The first kappa shape index (κ1) is 17.9. The minimum absolute atomic E-state index is 0. The van der Waals surface area contributed by atoms with Crippen LogP contribution in [0, 0.1) is 0 Å². The molecule has 0 amide bonds. The molecule has 0 aromatic rings. The van der Waals surface area contributed by atoms with Gasteiger partial charge in [-0.1, -0.05) is 64.7 Å². The molecule has 0 aliphatic rings. The molecule has 0 spiro atoms. The third-order valence-electron chi connectivity index (χ3n) is 2.51. The third-order valence-corrected chi connectivity index (χ3v) is 2.51. The summed E-state index contributed by atoms with van der Waals surface area (Å²) in [5, 5.41) is 8.57. The Labute approximate surface area is 130 Å². The fourth-order valence-corrected chi connectivity index (χ4v) is 1.60. The second-order valence-electron chi connectivity index (χ2n) is 3.91. The van der Waals surface area contributed by atoms with Crippen LogP contribution in [0.5, 0.6) is 0 Å². The number of unbranched alkanes of at least 4 members (excludes halogenated alkanes) is 9. The van der Waals surface area contributed by atoms with Crippen molar-refractivity contribution >= 4 is 48.9 Å². The number of hydrogen-bond donors (Lipinski definition) is 1. The molecule has 0 saturated heterocycles. The summed E-state index contributed by atoms with van der Waals surface area (Å²) in [6.45, 7) is 2.63. The number of rotatable bonds is 10. The van der Waals surface area contributed by atoms with E-state index in [4.69, 9.17) is 5.11 Å². The summed E-state index contributed by atoms with van der Waals surface area (Å²) < 4.78 is 0. The molecular formula is C12H28BaO. The van der Waals surface area contributed by atoms with E-state index in [9.17, 15) is 0 Å². The van der Waals surface area contributed by atoms with E-state index in [1.807, 2.05) is 0 Å². The zero-order valence-electron chi connectivity index (χ0n) is 9.23. The molecule has 0 rings (SSSR count). The molecule has 0 fully saturated rings. The van der Waals surface area contributed by atoms with Gasteiger partial charge in [0, 0.05) is 6.61 Å². The van der Waals surface area contributed by atoms with Gasteiger partial charge >= 0.3 is 48.9 Å². The summed E-state index contributed by atoms with van der Waals surface area (Å²) in [4.78, 5) is 0. The molecule has 0 aliphatic carbocycles. The topological polar surface area (TPSA) is 20.2 Å². The van der Waals surface area contributed by atoms with E-state index in [1.54, 1.807) is 0 Å². The molecule has 1 N–H and O–H groups in total. The molecular weight excluding hydrogens is 297 g/mol. The van der Waals surface area contributed by atoms with Crippen LogP contribution in [-0.4, -0.2) is 60.6 Å². The van der Waals surface area contributed by atoms with E-state index >= 15 is 0 Å². The summed E-state index contributed by atoms with van der Waals surface area (Å²) in [5.74, 6) is 0. The molecule has 0 atom stereocenters. The van der Waals surface area contributed by atoms with E-state index in [-0.39, 0.29) is 48.9 Å². The Bertz CT molecular complexity index is 76.4. The van der Waals surface area contributed by atoms with Crippen LogP contribution in [0.2, 0.25) is 0 Å². The van der Waals surface area contributed by atoms with Crippen molar-refractivity contribution in [1.82, 2.24) is 0 Å². The van der Waals surface area contributed by atoms with Gasteiger partial charge in [0.25, 0.3) is 0 Å². The SMILES string of the molecule is CCCCCCCCCCCCO.[BaH2]. The number of hydrogen-bond acceptors (Lipinski definition) is 1. The molecule has 0 aromatic carbocycles. The Morgan fingerprint density at radius 3 is 1.36 bits per heavy atom. The van der Waals surface area contributed by atoms with Gasteiger partial charge in [-0.2, -0.15) is 0 Å². The maximum atomic E-state index is 8.57. The summed E-state index contributed by atoms with van der Waals surface area (Å²) in [6, 6.07) is 0. The van der Waals surface area contributed by atoms with Crippen LogP contribution in [0.1, 0.15) is 71.1 Å². The van der Waals surface area contributed by atoms with Crippen LogP contribution in [0.3, 0.4) is 0 Å². The van der Waals surface area contributed by atoms with Gasteiger partial charge in [-0.05, 0) is 6.42 Å². The molecule has 0 aromatic heterocycles.